The standard InChI is InChI=1S/C20H23BrN2O3/c1-4-26-19(25)17-11-13(2)23(14(17)3)12-18(24)22-20(9-10-20)15-5-7-16(21)8-6-15/h5-8,11H,4,9-10,12H2,1-3H3,(H,22,24). The predicted octanol–water partition coefficient (Wildman–Crippen LogP) is 3.85. The molecule has 138 valence electrons. The Hall–Kier alpha value is -2.08. The highest BCUT2D eigenvalue weighted by molar-refractivity contribution is 9.10. The summed E-state index contributed by atoms with van der Waals surface area (Å²) < 4.78 is 7.97. The lowest BCUT2D eigenvalue weighted by Crippen LogP contribution is -2.37. The number of nitrogens with zero attached hydrogens (tertiary/aromatic N) is 1. The topological polar surface area (TPSA) is 60.3 Å². The molecule has 0 spiro atoms. The minimum atomic E-state index is -0.346. The van der Waals surface area contributed by atoms with Crippen molar-refractivity contribution in [2.24, 2.45) is 0 Å². The van der Waals surface area contributed by atoms with Gasteiger partial charge in [0, 0.05) is 15.9 Å². The summed E-state index contributed by atoms with van der Waals surface area (Å²) in [7, 11) is 0. The van der Waals surface area contributed by atoms with Gasteiger partial charge in [0.25, 0.3) is 0 Å². The Morgan fingerprint density at radius 2 is 1.88 bits per heavy atom. The summed E-state index contributed by atoms with van der Waals surface area (Å²) in [5.74, 6) is -0.400. The van der Waals surface area contributed by atoms with Crippen molar-refractivity contribution in [2.75, 3.05) is 6.61 Å². The van der Waals surface area contributed by atoms with E-state index in [1.807, 2.05) is 42.7 Å². The van der Waals surface area contributed by atoms with Crippen LogP contribution in [0.1, 0.15) is 47.1 Å². The highest BCUT2D eigenvalue weighted by Crippen LogP contribution is 2.45. The first-order chi connectivity index (χ1) is 12.4. The molecule has 0 atom stereocenters. The molecule has 1 heterocycles. The maximum absolute atomic E-state index is 12.7. The molecule has 3 rings (SSSR count). The zero-order valence-electron chi connectivity index (χ0n) is 15.3. The maximum Gasteiger partial charge on any atom is 0.339 e. The average Bonchev–Trinajstić information content (AvgIpc) is 3.32. The van der Waals surface area contributed by atoms with Crippen molar-refractivity contribution in [1.29, 1.82) is 0 Å². The fourth-order valence-corrected chi connectivity index (χ4v) is 3.55. The molecular formula is C20H23BrN2O3. The summed E-state index contributed by atoms with van der Waals surface area (Å²) in [6, 6.07) is 9.85. The molecule has 1 aliphatic rings. The van der Waals surface area contributed by atoms with Gasteiger partial charge in [-0.2, -0.15) is 0 Å². The number of esters is 1. The number of nitrogens with one attached hydrogen (secondary N) is 1. The normalized spacial score (nSPS) is 14.8. The molecule has 26 heavy (non-hydrogen) atoms. The molecule has 0 saturated heterocycles. The third-order valence-corrected chi connectivity index (χ3v) is 5.42. The molecule has 0 aliphatic heterocycles. The number of hydrogen-bond acceptors (Lipinski definition) is 3. The number of amides is 1. The summed E-state index contributed by atoms with van der Waals surface area (Å²) in [5.41, 5.74) is 3.02. The molecule has 2 aromatic rings. The number of aromatic nitrogens is 1. The van der Waals surface area contributed by atoms with Crippen molar-refractivity contribution in [3.63, 3.8) is 0 Å². The second-order valence-corrected chi connectivity index (χ2v) is 7.64. The first-order valence-electron chi connectivity index (χ1n) is 8.77. The summed E-state index contributed by atoms with van der Waals surface area (Å²) in [5, 5.41) is 3.18. The van der Waals surface area contributed by atoms with E-state index in [2.05, 4.69) is 21.2 Å². The third kappa shape index (κ3) is 3.70. The summed E-state index contributed by atoms with van der Waals surface area (Å²) in [6.45, 7) is 6.04. The lowest BCUT2D eigenvalue weighted by atomic mass is 10.1. The Morgan fingerprint density at radius 1 is 1.23 bits per heavy atom. The molecule has 1 aromatic carbocycles. The van der Waals surface area contributed by atoms with Crippen LogP contribution in [0.5, 0.6) is 0 Å². The molecule has 1 N–H and O–H groups in total. The molecule has 1 aliphatic carbocycles. The van der Waals surface area contributed by atoms with Crippen LogP contribution < -0.4 is 5.32 Å². The van der Waals surface area contributed by atoms with Gasteiger partial charge in [0.1, 0.15) is 6.54 Å². The van der Waals surface area contributed by atoms with E-state index in [0.717, 1.165) is 34.3 Å². The number of ether oxygens (including phenoxy) is 1. The van der Waals surface area contributed by atoms with Crippen LogP contribution in [0.25, 0.3) is 0 Å². The van der Waals surface area contributed by atoms with Gasteiger partial charge >= 0.3 is 5.97 Å². The van der Waals surface area contributed by atoms with Gasteiger partial charge in [0.15, 0.2) is 0 Å². The van der Waals surface area contributed by atoms with Gasteiger partial charge in [0.05, 0.1) is 17.7 Å². The van der Waals surface area contributed by atoms with Gasteiger partial charge in [-0.1, -0.05) is 28.1 Å². The van der Waals surface area contributed by atoms with Gasteiger partial charge in [-0.05, 0) is 57.4 Å². The highest BCUT2D eigenvalue weighted by atomic mass is 79.9. The molecule has 0 radical (unpaired) electrons. The minimum Gasteiger partial charge on any atom is -0.462 e. The molecule has 1 aromatic heterocycles. The van der Waals surface area contributed by atoms with Crippen molar-refractivity contribution in [3.05, 3.63) is 57.3 Å². The zero-order valence-corrected chi connectivity index (χ0v) is 16.9. The van der Waals surface area contributed by atoms with Crippen molar-refractivity contribution in [2.45, 2.75) is 45.7 Å². The van der Waals surface area contributed by atoms with E-state index in [9.17, 15) is 9.59 Å². The van der Waals surface area contributed by atoms with Crippen molar-refractivity contribution < 1.29 is 14.3 Å². The van der Waals surface area contributed by atoms with Gasteiger partial charge < -0.3 is 14.6 Å². The molecule has 0 unspecified atom stereocenters. The van der Waals surface area contributed by atoms with Crippen LogP contribution in [0.3, 0.4) is 0 Å². The lowest BCUT2D eigenvalue weighted by molar-refractivity contribution is -0.122. The van der Waals surface area contributed by atoms with Gasteiger partial charge in [-0.25, -0.2) is 4.79 Å². The third-order valence-electron chi connectivity index (χ3n) is 4.90. The summed E-state index contributed by atoms with van der Waals surface area (Å²) in [6.07, 6.45) is 1.89. The first kappa shape index (κ1) is 18.7. The number of carbonyl (C=O) groups is 2. The number of halogens is 1. The number of carbonyl (C=O) groups excluding carboxylic acids is 2. The van der Waals surface area contributed by atoms with E-state index in [1.165, 1.54) is 0 Å². The van der Waals surface area contributed by atoms with E-state index in [4.69, 9.17) is 4.74 Å². The van der Waals surface area contributed by atoms with Crippen LogP contribution in [0.4, 0.5) is 0 Å². The van der Waals surface area contributed by atoms with Crippen LogP contribution >= 0.6 is 15.9 Å². The summed E-state index contributed by atoms with van der Waals surface area (Å²) in [4.78, 5) is 24.7. The fourth-order valence-electron chi connectivity index (χ4n) is 3.29. The first-order valence-corrected chi connectivity index (χ1v) is 9.56. The number of hydrogen-bond donors (Lipinski definition) is 1. The highest BCUT2D eigenvalue weighted by Gasteiger charge is 2.45. The molecule has 0 bridgehead atoms. The zero-order chi connectivity index (χ0) is 18.9. The molecular weight excluding hydrogens is 396 g/mol. The van der Waals surface area contributed by atoms with Crippen LogP contribution in [0.15, 0.2) is 34.8 Å². The van der Waals surface area contributed by atoms with Crippen LogP contribution in [0.2, 0.25) is 0 Å². The van der Waals surface area contributed by atoms with E-state index >= 15 is 0 Å². The Balaban J connectivity index is 1.73. The largest absolute Gasteiger partial charge is 0.462 e. The molecule has 1 saturated carbocycles. The van der Waals surface area contributed by atoms with Crippen LogP contribution in [0, 0.1) is 13.8 Å². The Kier molecular flexibility index (Phi) is 5.23. The van der Waals surface area contributed by atoms with Crippen LogP contribution in [-0.4, -0.2) is 23.1 Å². The Bertz CT molecular complexity index is 835. The summed E-state index contributed by atoms with van der Waals surface area (Å²) >= 11 is 3.44. The van der Waals surface area contributed by atoms with E-state index in [-0.39, 0.29) is 24.0 Å². The van der Waals surface area contributed by atoms with Gasteiger partial charge in [0.2, 0.25) is 5.91 Å². The second kappa shape index (κ2) is 7.27. The quantitative estimate of drug-likeness (QED) is 0.724. The SMILES string of the molecule is CCOC(=O)c1cc(C)n(CC(=O)NC2(c3ccc(Br)cc3)CC2)c1C. The van der Waals surface area contributed by atoms with E-state index < -0.39 is 0 Å². The lowest BCUT2D eigenvalue weighted by Gasteiger charge is -2.19. The molecule has 6 heteroatoms. The van der Waals surface area contributed by atoms with Gasteiger partial charge in [-0.3, -0.25) is 4.79 Å². The van der Waals surface area contributed by atoms with Crippen molar-refractivity contribution in [1.82, 2.24) is 9.88 Å². The number of aryl methyl sites for hydroxylation is 1. The number of benzene rings is 1. The van der Waals surface area contributed by atoms with Gasteiger partial charge in [-0.15, -0.1) is 0 Å². The van der Waals surface area contributed by atoms with E-state index in [1.54, 1.807) is 13.0 Å². The number of rotatable bonds is 6. The monoisotopic (exact) mass is 418 g/mol. The van der Waals surface area contributed by atoms with Crippen LogP contribution in [-0.2, 0) is 21.6 Å². The smallest absolute Gasteiger partial charge is 0.339 e. The molecule has 5 nitrogen and oxygen atoms in total. The average molecular weight is 419 g/mol. The fraction of sp³-hybridized carbons (Fsp3) is 0.400. The minimum absolute atomic E-state index is 0.0531. The maximum atomic E-state index is 12.7. The van der Waals surface area contributed by atoms with Crippen molar-refractivity contribution in [3.8, 4) is 0 Å². The Labute approximate surface area is 161 Å². The molecule has 1 amide bonds. The predicted molar refractivity (Wildman–Crippen MR) is 103 cm³/mol. The second-order valence-electron chi connectivity index (χ2n) is 6.73. The Morgan fingerprint density at radius 3 is 2.46 bits per heavy atom. The molecule has 1 fully saturated rings. The van der Waals surface area contributed by atoms with Crippen molar-refractivity contribution >= 4 is 27.8 Å². The van der Waals surface area contributed by atoms with E-state index in [0.29, 0.717) is 12.2 Å².